The molecule has 1 aliphatic rings. The molecule has 1 fully saturated rings. The topological polar surface area (TPSA) is 60.9 Å². The van der Waals surface area contributed by atoms with Crippen LogP contribution in [0, 0.1) is 11.8 Å². The Hall–Kier alpha value is -2.23. The second-order valence-electron chi connectivity index (χ2n) is 6.02. The first-order valence-electron chi connectivity index (χ1n) is 7.93. The van der Waals surface area contributed by atoms with Gasteiger partial charge in [0.2, 0.25) is 0 Å². The summed E-state index contributed by atoms with van der Waals surface area (Å²) in [6, 6.07) is 7.00. The van der Waals surface area contributed by atoms with Crippen molar-refractivity contribution in [2.75, 3.05) is 0 Å². The quantitative estimate of drug-likeness (QED) is 0.757. The van der Waals surface area contributed by atoms with E-state index in [1.54, 1.807) is 12.4 Å². The van der Waals surface area contributed by atoms with Crippen molar-refractivity contribution >= 4 is 0 Å². The van der Waals surface area contributed by atoms with E-state index in [2.05, 4.69) is 27.4 Å². The van der Waals surface area contributed by atoms with Gasteiger partial charge in [-0.25, -0.2) is 8.78 Å². The van der Waals surface area contributed by atoms with E-state index in [4.69, 9.17) is 0 Å². The second kappa shape index (κ2) is 7.12. The maximum Gasteiger partial charge on any atom is 0.274 e. The number of alkyl halides is 2. The smallest absolute Gasteiger partial charge is 0.274 e. The summed E-state index contributed by atoms with van der Waals surface area (Å²) < 4.78 is 27.0. The molecule has 3 N–H and O–H groups in total. The minimum Gasteiger partial charge on any atom is -0.385 e. The van der Waals surface area contributed by atoms with Crippen molar-refractivity contribution in [2.45, 2.75) is 43.9 Å². The number of nitrogens with zero attached hydrogens (tertiary/aromatic N) is 1. The maximum atomic E-state index is 13.5. The van der Waals surface area contributed by atoms with Gasteiger partial charge in [-0.1, -0.05) is 24.0 Å². The number of halogens is 2. The predicted octanol–water partition coefficient (Wildman–Crippen LogP) is 2.45. The van der Waals surface area contributed by atoms with E-state index in [0.29, 0.717) is 19.4 Å². The Morgan fingerprint density at radius 1 is 1.25 bits per heavy atom. The van der Waals surface area contributed by atoms with Crippen LogP contribution in [0.15, 0.2) is 36.7 Å². The number of aliphatic hydroxyl groups excluding tert-OH is 1. The van der Waals surface area contributed by atoms with E-state index in [9.17, 15) is 13.9 Å². The van der Waals surface area contributed by atoms with E-state index in [1.165, 1.54) is 0 Å². The Kier molecular flexibility index (Phi) is 4.93. The van der Waals surface area contributed by atoms with Gasteiger partial charge in [0.1, 0.15) is 6.10 Å². The van der Waals surface area contributed by atoms with Gasteiger partial charge < -0.3 is 10.4 Å². The number of aromatic amines is 1. The Bertz CT molecular complexity index is 717. The average molecular weight is 331 g/mol. The number of H-pyrrole nitrogens is 1. The summed E-state index contributed by atoms with van der Waals surface area (Å²) in [6.45, 7) is 0.438. The summed E-state index contributed by atoms with van der Waals surface area (Å²) in [5.41, 5.74) is 2.64. The van der Waals surface area contributed by atoms with Crippen molar-refractivity contribution in [3.05, 3.63) is 53.3 Å². The maximum absolute atomic E-state index is 13.5. The average Bonchev–Trinajstić information content (AvgIpc) is 3.09. The van der Waals surface area contributed by atoms with Crippen molar-refractivity contribution in [3.63, 3.8) is 0 Å². The van der Waals surface area contributed by atoms with Crippen LogP contribution in [0.2, 0.25) is 0 Å². The lowest BCUT2D eigenvalue weighted by Crippen LogP contribution is -2.52. The Labute approximate surface area is 139 Å². The van der Waals surface area contributed by atoms with Gasteiger partial charge in [-0.3, -0.25) is 5.10 Å². The molecule has 2 aromatic rings. The van der Waals surface area contributed by atoms with Gasteiger partial charge >= 0.3 is 0 Å². The van der Waals surface area contributed by atoms with Crippen LogP contribution in [0.5, 0.6) is 0 Å². The predicted molar refractivity (Wildman–Crippen MR) is 86.4 cm³/mol. The number of aliphatic hydroxyl groups is 1. The van der Waals surface area contributed by atoms with Crippen molar-refractivity contribution in [2.24, 2.45) is 0 Å². The molecule has 3 rings (SSSR count). The highest BCUT2D eigenvalue weighted by molar-refractivity contribution is 5.41. The molecule has 1 saturated carbocycles. The minimum atomic E-state index is -3.00. The molecule has 1 heterocycles. The van der Waals surface area contributed by atoms with E-state index in [0.717, 1.165) is 16.7 Å². The molecule has 2 atom stereocenters. The van der Waals surface area contributed by atoms with Gasteiger partial charge in [-0.2, -0.15) is 5.10 Å². The highest BCUT2D eigenvalue weighted by Gasteiger charge is 2.45. The Morgan fingerprint density at radius 2 is 2.00 bits per heavy atom. The molecular formula is C18H19F2N3O. The number of aromatic nitrogens is 2. The zero-order valence-electron chi connectivity index (χ0n) is 13.1. The van der Waals surface area contributed by atoms with Gasteiger partial charge in [-0.15, -0.1) is 0 Å². The van der Waals surface area contributed by atoms with Crippen LogP contribution in [-0.4, -0.2) is 33.4 Å². The molecule has 0 amide bonds. The number of rotatable bonds is 3. The highest BCUT2D eigenvalue weighted by atomic mass is 19.3. The fourth-order valence-corrected chi connectivity index (χ4v) is 2.79. The third kappa shape index (κ3) is 3.99. The third-order valence-electron chi connectivity index (χ3n) is 4.21. The van der Waals surface area contributed by atoms with Crippen LogP contribution in [-0.2, 0) is 6.54 Å². The Balaban J connectivity index is 1.56. The number of benzene rings is 1. The first-order valence-corrected chi connectivity index (χ1v) is 7.93. The molecular weight excluding hydrogens is 312 g/mol. The lowest BCUT2D eigenvalue weighted by Gasteiger charge is -2.35. The summed E-state index contributed by atoms with van der Waals surface area (Å²) in [6.07, 6.45) is 2.49. The van der Waals surface area contributed by atoms with Crippen molar-refractivity contribution in [1.29, 1.82) is 0 Å². The lowest BCUT2D eigenvalue weighted by molar-refractivity contribution is -0.143. The molecule has 0 radical (unpaired) electrons. The summed E-state index contributed by atoms with van der Waals surface area (Å²) in [5, 5.41) is 19.3. The highest BCUT2D eigenvalue weighted by Crippen LogP contribution is 2.33. The summed E-state index contributed by atoms with van der Waals surface area (Å²) >= 11 is 0. The molecule has 1 aromatic carbocycles. The molecule has 6 heteroatoms. The molecule has 0 saturated heterocycles. The normalized spacial score (nSPS) is 22.6. The van der Waals surface area contributed by atoms with Gasteiger partial charge in [-0.05, 0) is 30.5 Å². The van der Waals surface area contributed by atoms with E-state index in [1.807, 2.05) is 24.3 Å². The standard InChI is InChI=1S/C18H19F2N3O/c19-18(20)9-1-2-16(17(18)24)21-10-14-6-3-13(4-7-14)5-8-15-11-22-23-12-15/h3-4,6-7,11-12,16-17,21,24H,1-2,9-10H2,(H,22,23)/t16-,17+/m0/s1. The van der Waals surface area contributed by atoms with Gasteiger partial charge in [0, 0.05) is 30.8 Å². The van der Waals surface area contributed by atoms with Crippen LogP contribution in [0.4, 0.5) is 8.78 Å². The van der Waals surface area contributed by atoms with Crippen LogP contribution in [0.25, 0.3) is 0 Å². The van der Waals surface area contributed by atoms with Crippen LogP contribution in [0.1, 0.15) is 36.0 Å². The molecule has 126 valence electrons. The van der Waals surface area contributed by atoms with Crippen molar-refractivity contribution in [3.8, 4) is 11.8 Å². The minimum absolute atomic E-state index is 0.240. The number of hydrogen-bond donors (Lipinski definition) is 3. The molecule has 1 aliphatic carbocycles. The monoisotopic (exact) mass is 331 g/mol. The van der Waals surface area contributed by atoms with E-state index < -0.39 is 18.1 Å². The zero-order chi connectivity index (χ0) is 17.0. The van der Waals surface area contributed by atoms with Crippen LogP contribution in [0.3, 0.4) is 0 Å². The molecule has 4 nitrogen and oxygen atoms in total. The summed E-state index contributed by atoms with van der Waals surface area (Å²) in [4.78, 5) is 0. The molecule has 0 spiro atoms. The van der Waals surface area contributed by atoms with Gasteiger partial charge in [0.15, 0.2) is 0 Å². The SMILES string of the molecule is O[C@@H]1[C@@H](NCc2ccc(C#Cc3cn[nH]c3)cc2)CCCC1(F)F. The lowest BCUT2D eigenvalue weighted by atomic mass is 9.89. The van der Waals surface area contributed by atoms with Gasteiger partial charge in [0.05, 0.1) is 11.8 Å². The fourth-order valence-electron chi connectivity index (χ4n) is 2.79. The fraction of sp³-hybridized carbons (Fsp3) is 0.389. The molecule has 0 aliphatic heterocycles. The number of nitrogens with one attached hydrogen (secondary N) is 2. The second-order valence-corrected chi connectivity index (χ2v) is 6.02. The first-order chi connectivity index (χ1) is 11.5. The Morgan fingerprint density at radius 3 is 2.71 bits per heavy atom. The van der Waals surface area contributed by atoms with Crippen LogP contribution < -0.4 is 5.32 Å². The first kappa shape index (κ1) is 16.6. The molecule has 0 bridgehead atoms. The molecule has 24 heavy (non-hydrogen) atoms. The zero-order valence-corrected chi connectivity index (χ0v) is 13.1. The number of hydrogen-bond acceptors (Lipinski definition) is 3. The van der Waals surface area contributed by atoms with E-state index in [-0.39, 0.29) is 6.42 Å². The van der Waals surface area contributed by atoms with E-state index >= 15 is 0 Å². The van der Waals surface area contributed by atoms with Crippen molar-refractivity contribution < 1.29 is 13.9 Å². The van der Waals surface area contributed by atoms with Gasteiger partial charge in [0.25, 0.3) is 5.92 Å². The summed E-state index contributed by atoms with van der Waals surface area (Å²) in [7, 11) is 0. The van der Waals surface area contributed by atoms with Crippen molar-refractivity contribution in [1.82, 2.24) is 15.5 Å². The van der Waals surface area contributed by atoms with Crippen LogP contribution >= 0.6 is 0 Å². The third-order valence-corrected chi connectivity index (χ3v) is 4.21. The summed E-state index contributed by atoms with van der Waals surface area (Å²) in [5.74, 6) is 3.01. The molecule has 1 aromatic heterocycles. The largest absolute Gasteiger partial charge is 0.385 e. The molecule has 0 unspecified atom stereocenters.